The van der Waals surface area contributed by atoms with Gasteiger partial charge in [0, 0.05) is 22.5 Å². The van der Waals surface area contributed by atoms with Crippen LogP contribution >= 0.6 is 0 Å². The van der Waals surface area contributed by atoms with Crippen molar-refractivity contribution in [3.05, 3.63) is 210 Å². The van der Waals surface area contributed by atoms with Gasteiger partial charge >= 0.3 is 0 Å². The summed E-state index contributed by atoms with van der Waals surface area (Å²) in [6.45, 7) is 0. The fraction of sp³-hybridized carbons (Fsp3) is 0.0185. The minimum absolute atomic E-state index is 0.544. The fourth-order valence-electron chi connectivity index (χ4n) is 10.4. The van der Waals surface area contributed by atoms with Crippen molar-refractivity contribution in [2.24, 2.45) is 0 Å². The Labute approximate surface area is 322 Å². The van der Waals surface area contributed by atoms with Crippen molar-refractivity contribution in [3.63, 3.8) is 0 Å². The molecule has 56 heavy (non-hydrogen) atoms. The van der Waals surface area contributed by atoms with E-state index in [1.807, 2.05) is 12.3 Å². The molecule has 2 nitrogen and oxygen atoms in total. The lowest BCUT2D eigenvalue weighted by molar-refractivity contribution is 0.669. The molecule has 1 unspecified atom stereocenters. The van der Waals surface area contributed by atoms with Gasteiger partial charge in [-0.3, -0.25) is 4.98 Å². The minimum atomic E-state index is -0.544. The Balaban J connectivity index is 1.13. The number of benzene rings is 9. The van der Waals surface area contributed by atoms with E-state index in [1.54, 1.807) is 0 Å². The van der Waals surface area contributed by atoms with Crippen LogP contribution in [0.2, 0.25) is 0 Å². The first-order chi connectivity index (χ1) is 27.8. The molecule has 9 aromatic carbocycles. The third-order valence-electron chi connectivity index (χ3n) is 12.7. The minimum Gasteiger partial charge on any atom is -0.456 e. The second kappa shape index (κ2) is 10.9. The molecule has 0 saturated heterocycles. The maximum Gasteiger partial charge on any atom is 0.136 e. The van der Waals surface area contributed by atoms with Gasteiger partial charge in [-0.25, -0.2) is 0 Å². The van der Waals surface area contributed by atoms with Crippen molar-refractivity contribution in [1.29, 1.82) is 0 Å². The summed E-state index contributed by atoms with van der Waals surface area (Å²) in [5, 5.41) is 9.85. The Morgan fingerprint density at radius 2 is 0.946 bits per heavy atom. The van der Waals surface area contributed by atoms with E-state index < -0.39 is 5.41 Å². The van der Waals surface area contributed by atoms with Crippen LogP contribution in [0.25, 0.3) is 98.9 Å². The molecule has 2 heteroatoms. The van der Waals surface area contributed by atoms with Gasteiger partial charge in [0.25, 0.3) is 0 Å². The molecule has 0 amide bonds. The molecule has 1 spiro atoms. The molecule has 2 aliphatic rings. The van der Waals surface area contributed by atoms with Gasteiger partial charge in [0.15, 0.2) is 0 Å². The van der Waals surface area contributed by atoms with Crippen molar-refractivity contribution < 1.29 is 4.42 Å². The van der Waals surface area contributed by atoms with Crippen LogP contribution in [0.15, 0.2) is 193 Å². The smallest absolute Gasteiger partial charge is 0.136 e. The summed E-state index contributed by atoms with van der Waals surface area (Å²) in [5.74, 6) is 0. The fourth-order valence-corrected chi connectivity index (χ4v) is 10.4. The van der Waals surface area contributed by atoms with Crippen molar-refractivity contribution in [2.75, 3.05) is 0 Å². The molecule has 13 rings (SSSR count). The highest BCUT2D eigenvalue weighted by atomic mass is 16.3. The van der Waals surface area contributed by atoms with E-state index in [2.05, 4.69) is 176 Å². The van der Waals surface area contributed by atoms with Gasteiger partial charge in [0.05, 0.1) is 11.1 Å². The maximum absolute atomic E-state index is 6.49. The quantitative estimate of drug-likeness (QED) is 0.167. The van der Waals surface area contributed by atoms with Gasteiger partial charge in [0.1, 0.15) is 11.2 Å². The molecule has 1 atom stereocenters. The van der Waals surface area contributed by atoms with Crippen molar-refractivity contribution in [1.82, 2.24) is 4.98 Å². The highest BCUT2D eigenvalue weighted by molar-refractivity contribution is 6.24. The standard InChI is InChI=1S/C54H31NO/c1-2-13-32(14-3-1)41-28-43-37-18-7-5-16-35(37)42(29-44(43)36-17-6-4-15-34(36)41)33-24-25-40-49(27-33)54(48-22-12-26-55-53(40)48)47-21-10-8-19-38(47)45-31-52-46(30-50(45)54)39-20-9-11-23-51(39)56-52/h1-31H. The summed E-state index contributed by atoms with van der Waals surface area (Å²) in [6, 6.07) is 67.0. The average molecular weight is 710 g/mol. The third-order valence-corrected chi connectivity index (χ3v) is 12.7. The van der Waals surface area contributed by atoms with Gasteiger partial charge in [0.2, 0.25) is 0 Å². The second-order valence-electron chi connectivity index (χ2n) is 15.3. The lowest BCUT2D eigenvalue weighted by Crippen LogP contribution is -2.26. The highest BCUT2D eigenvalue weighted by Crippen LogP contribution is 2.63. The SMILES string of the molecule is c1ccc(-c2cc3c4ccccc4c(-c4ccc5c(c4)C4(c6ccccc6-c6cc7oc8ccccc8c7cc64)c4cccnc4-5)cc3c3ccccc23)cc1. The lowest BCUT2D eigenvalue weighted by atomic mass is 9.70. The Morgan fingerprint density at radius 3 is 1.73 bits per heavy atom. The summed E-state index contributed by atoms with van der Waals surface area (Å²) in [5.41, 5.74) is 16.0. The van der Waals surface area contributed by atoms with Gasteiger partial charge in [-0.15, -0.1) is 0 Å². The predicted octanol–water partition coefficient (Wildman–Crippen LogP) is 14.1. The first kappa shape index (κ1) is 30.1. The van der Waals surface area contributed by atoms with E-state index in [1.165, 1.54) is 93.5 Å². The van der Waals surface area contributed by atoms with E-state index >= 15 is 0 Å². The topological polar surface area (TPSA) is 26.0 Å². The van der Waals surface area contributed by atoms with Crippen LogP contribution in [0, 0.1) is 0 Å². The van der Waals surface area contributed by atoms with Gasteiger partial charge in [-0.2, -0.15) is 0 Å². The number of nitrogens with zero attached hydrogens (tertiary/aromatic N) is 1. The molecule has 258 valence electrons. The Bertz CT molecular complexity index is 3480. The summed E-state index contributed by atoms with van der Waals surface area (Å²) >= 11 is 0. The summed E-state index contributed by atoms with van der Waals surface area (Å²) < 4.78 is 6.49. The lowest BCUT2D eigenvalue weighted by Gasteiger charge is -2.30. The first-order valence-corrected chi connectivity index (χ1v) is 19.4. The summed E-state index contributed by atoms with van der Waals surface area (Å²) in [4.78, 5) is 5.11. The number of para-hydroxylation sites is 1. The second-order valence-corrected chi connectivity index (χ2v) is 15.3. The molecule has 2 aromatic heterocycles. The van der Waals surface area contributed by atoms with Gasteiger partial charge < -0.3 is 4.42 Å². The molecular formula is C54H31NO. The van der Waals surface area contributed by atoms with E-state index in [-0.39, 0.29) is 0 Å². The van der Waals surface area contributed by atoms with Crippen LogP contribution in [0.1, 0.15) is 22.3 Å². The van der Waals surface area contributed by atoms with Crippen LogP contribution in [-0.4, -0.2) is 4.98 Å². The molecule has 0 radical (unpaired) electrons. The third kappa shape index (κ3) is 3.78. The number of pyridine rings is 1. The molecule has 0 saturated carbocycles. The Kier molecular flexibility index (Phi) is 5.86. The van der Waals surface area contributed by atoms with E-state index in [0.717, 1.165) is 27.6 Å². The number of rotatable bonds is 2. The zero-order valence-corrected chi connectivity index (χ0v) is 30.3. The molecule has 0 fully saturated rings. The van der Waals surface area contributed by atoms with Gasteiger partial charge in [-0.1, -0.05) is 140 Å². The van der Waals surface area contributed by atoms with Crippen LogP contribution in [0.5, 0.6) is 0 Å². The molecule has 0 aliphatic heterocycles. The molecule has 2 heterocycles. The molecule has 0 N–H and O–H groups in total. The van der Waals surface area contributed by atoms with E-state index in [4.69, 9.17) is 9.40 Å². The average Bonchev–Trinajstić information content (AvgIpc) is 3.88. The highest BCUT2D eigenvalue weighted by Gasteiger charge is 2.52. The Hall–Kier alpha value is -7.29. The molecule has 0 bridgehead atoms. The van der Waals surface area contributed by atoms with E-state index in [0.29, 0.717) is 0 Å². The zero-order chi connectivity index (χ0) is 36.5. The summed E-state index contributed by atoms with van der Waals surface area (Å²) in [6.07, 6.45) is 1.94. The first-order valence-electron chi connectivity index (χ1n) is 19.4. The zero-order valence-electron chi connectivity index (χ0n) is 30.3. The van der Waals surface area contributed by atoms with Crippen LogP contribution in [0.3, 0.4) is 0 Å². The largest absolute Gasteiger partial charge is 0.456 e. The van der Waals surface area contributed by atoms with Gasteiger partial charge in [-0.05, 0) is 130 Å². The molecular weight excluding hydrogens is 679 g/mol. The van der Waals surface area contributed by atoms with Crippen LogP contribution in [-0.2, 0) is 5.41 Å². The molecule has 11 aromatic rings. The van der Waals surface area contributed by atoms with Crippen LogP contribution < -0.4 is 0 Å². The van der Waals surface area contributed by atoms with Crippen molar-refractivity contribution in [3.8, 4) is 44.6 Å². The summed E-state index contributed by atoms with van der Waals surface area (Å²) in [7, 11) is 0. The predicted molar refractivity (Wildman–Crippen MR) is 231 cm³/mol. The van der Waals surface area contributed by atoms with Crippen LogP contribution in [0.4, 0.5) is 0 Å². The van der Waals surface area contributed by atoms with Crippen molar-refractivity contribution >= 4 is 54.3 Å². The Morgan fingerprint density at radius 1 is 0.321 bits per heavy atom. The molecule has 2 aliphatic carbocycles. The number of hydrogen-bond acceptors (Lipinski definition) is 2. The van der Waals surface area contributed by atoms with Crippen molar-refractivity contribution in [2.45, 2.75) is 5.41 Å². The number of furan rings is 1. The van der Waals surface area contributed by atoms with E-state index in [9.17, 15) is 0 Å². The monoisotopic (exact) mass is 709 g/mol. The normalized spacial score (nSPS) is 15.2. The number of fused-ring (bicyclic) bond motifs is 18. The maximum atomic E-state index is 6.49. The number of aromatic nitrogens is 1. The number of hydrogen-bond donors (Lipinski definition) is 0.